The first-order chi connectivity index (χ1) is 11.9. The average molecular weight is 475 g/mol. The maximum Gasteiger partial charge on any atom is 0.193 e. The fourth-order valence-corrected chi connectivity index (χ4v) is 2.99. The molecule has 0 amide bonds. The molecule has 26 heavy (non-hydrogen) atoms. The summed E-state index contributed by atoms with van der Waals surface area (Å²) in [5, 5.41) is 6.95. The Kier molecular flexibility index (Phi) is 9.49. The number of nitrogens with one attached hydrogen (secondary N) is 2. The van der Waals surface area contributed by atoms with Gasteiger partial charge in [0.2, 0.25) is 0 Å². The van der Waals surface area contributed by atoms with Crippen molar-refractivity contribution in [3.05, 3.63) is 24.3 Å². The van der Waals surface area contributed by atoms with E-state index in [1.807, 2.05) is 19.2 Å². The second kappa shape index (κ2) is 10.8. The minimum Gasteiger partial charge on any atom is -0.495 e. The molecule has 2 rings (SSSR count). The van der Waals surface area contributed by atoms with E-state index in [2.05, 4.69) is 58.3 Å². The maximum absolute atomic E-state index is 5.49. The highest BCUT2D eigenvalue weighted by Crippen LogP contribution is 2.28. The quantitative estimate of drug-likeness (QED) is 0.297. The van der Waals surface area contributed by atoms with Crippen LogP contribution in [0.5, 0.6) is 5.75 Å². The third-order valence-electron chi connectivity index (χ3n) is 4.28. The molecule has 6 nitrogen and oxygen atoms in total. The van der Waals surface area contributed by atoms with Gasteiger partial charge in [-0.2, -0.15) is 0 Å². The fraction of sp³-hybridized carbons (Fsp3) is 0.632. The summed E-state index contributed by atoms with van der Waals surface area (Å²) in [6.07, 6.45) is 0. The number of methoxy groups -OCH3 is 1. The molecule has 1 heterocycles. The molecule has 0 unspecified atom stereocenters. The van der Waals surface area contributed by atoms with E-state index in [0.29, 0.717) is 0 Å². The summed E-state index contributed by atoms with van der Waals surface area (Å²) in [6.45, 7) is 12.1. The van der Waals surface area contributed by atoms with Crippen LogP contribution in [-0.2, 0) is 0 Å². The number of guanidine groups is 1. The number of hydrogen-bond acceptors (Lipinski definition) is 4. The highest BCUT2D eigenvalue weighted by Gasteiger charge is 2.21. The zero-order valence-electron chi connectivity index (χ0n) is 16.7. The molecular weight excluding hydrogens is 441 g/mol. The number of para-hydroxylation sites is 2. The first-order valence-corrected chi connectivity index (χ1v) is 9.03. The van der Waals surface area contributed by atoms with E-state index >= 15 is 0 Å². The predicted molar refractivity (Wildman–Crippen MR) is 121 cm³/mol. The molecule has 0 spiro atoms. The van der Waals surface area contributed by atoms with E-state index in [0.717, 1.165) is 51.0 Å². The number of ether oxygens (including phenoxy) is 1. The number of hydrogen-bond donors (Lipinski definition) is 2. The van der Waals surface area contributed by atoms with Crippen LogP contribution in [-0.4, -0.2) is 69.8 Å². The van der Waals surface area contributed by atoms with Crippen LogP contribution >= 0.6 is 24.0 Å². The van der Waals surface area contributed by atoms with Crippen LogP contribution in [0.4, 0.5) is 5.69 Å². The van der Waals surface area contributed by atoms with Crippen molar-refractivity contribution < 1.29 is 4.74 Å². The SMILES string of the molecule is CN=C(NCCNC(C)(C)C)N1CCN(c2ccccc2OC)CC1.I. The molecule has 0 saturated carbocycles. The third-order valence-corrected chi connectivity index (χ3v) is 4.28. The summed E-state index contributed by atoms with van der Waals surface area (Å²) < 4.78 is 5.49. The van der Waals surface area contributed by atoms with Crippen LogP contribution < -0.4 is 20.3 Å². The summed E-state index contributed by atoms with van der Waals surface area (Å²) in [7, 11) is 3.58. The summed E-state index contributed by atoms with van der Waals surface area (Å²) in [5.41, 5.74) is 1.31. The van der Waals surface area contributed by atoms with Crippen molar-refractivity contribution in [3.8, 4) is 5.75 Å². The van der Waals surface area contributed by atoms with E-state index in [-0.39, 0.29) is 29.5 Å². The summed E-state index contributed by atoms with van der Waals surface area (Å²) in [5.74, 6) is 1.92. The Morgan fingerprint density at radius 3 is 2.35 bits per heavy atom. The number of halogens is 1. The molecule has 1 aromatic carbocycles. The van der Waals surface area contributed by atoms with Crippen molar-refractivity contribution in [2.45, 2.75) is 26.3 Å². The van der Waals surface area contributed by atoms with Crippen LogP contribution in [0, 0.1) is 0 Å². The Morgan fingerprint density at radius 2 is 1.77 bits per heavy atom. The van der Waals surface area contributed by atoms with Gasteiger partial charge in [0, 0.05) is 51.9 Å². The van der Waals surface area contributed by atoms with Crippen LogP contribution in [0.2, 0.25) is 0 Å². The molecule has 2 N–H and O–H groups in total. The topological polar surface area (TPSA) is 52.1 Å². The first kappa shape index (κ1) is 22.8. The molecule has 0 aromatic heterocycles. The van der Waals surface area contributed by atoms with Crippen molar-refractivity contribution in [1.29, 1.82) is 0 Å². The molecule has 0 atom stereocenters. The van der Waals surface area contributed by atoms with Gasteiger partial charge in [-0.05, 0) is 32.9 Å². The molecule has 1 aromatic rings. The van der Waals surface area contributed by atoms with Gasteiger partial charge in [0.15, 0.2) is 5.96 Å². The largest absolute Gasteiger partial charge is 0.495 e. The zero-order valence-corrected chi connectivity index (χ0v) is 19.0. The molecular formula is C19H34IN5O. The second-order valence-corrected chi connectivity index (χ2v) is 7.30. The van der Waals surface area contributed by atoms with Crippen molar-refractivity contribution in [2.75, 3.05) is 58.3 Å². The standard InChI is InChI=1S/C19H33N5O.HI/c1-19(2,3)22-11-10-21-18(20-4)24-14-12-23(13-15-24)16-8-6-7-9-17(16)25-5;/h6-9,22H,10-15H2,1-5H3,(H,20,21);1H. The van der Waals surface area contributed by atoms with Gasteiger partial charge in [-0.25, -0.2) is 0 Å². The van der Waals surface area contributed by atoms with Crippen molar-refractivity contribution in [3.63, 3.8) is 0 Å². The number of rotatable bonds is 5. The lowest BCUT2D eigenvalue weighted by molar-refractivity contribution is 0.364. The van der Waals surface area contributed by atoms with Gasteiger partial charge < -0.3 is 25.2 Å². The van der Waals surface area contributed by atoms with E-state index in [4.69, 9.17) is 4.74 Å². The number of nitrogens with zero attached hydrogens (tertiary/aromatic N) is 3. The number of aliphatic imine (C=N–C) groups is 1. The van der Waals surface area contributed by atoms with Crippen molar-refractivity contribution >= 4 is 35.6 Å². The highest BCUT2D eigenvalue weighted by atomic mass is 127. The second-order valence-electron chi connectivity index (χ2n) is 7.30. The normalized spacial score (nSPS) is 15.5. The van der Waals surface area contributed by atoms with E-state index in [1.165, 1.54) is 5.69 Å². The maximum atomic E-state index is 5.49. The van der Waals surface area contributed by atoms with Crippen LogP contribution in [0.15, 0.2) is 29.3 Å². The van der Waals surface area contributed by atoms with E-state index < -0.39 is 0 Å². The monoisotopic (exact) mass is 475 g/mol. The Balaban J connectivity index is 0.00000338. The van der Waals surface area contributed by atoms with Crippen LogP contribution in [0.1, 0.15) is 20.8 Å². The molecule has 0 radical (unpaired) electrons. The van der Waals surface area contributed by atoms with Gasteiger partial charge in [-0.1, -0.05) is 12.1 Å². The van der Waals surface area contributed by atoms with Gasteiger partial charge in [0.05, 0.1) is 12.8 Å². The molecule has 1 aliphatic rings. The molecule has 0 bridgehead atoms. The fourth-order valence-electron chi connectivity index (χ4n) is 2.99. The molecule has 1 fully saturated rings. The minimum atomic E-state index is 0. The van der Waals surface area contributed by atoms with Crippen molar-refractivity contribution in [1.82, 2.24) is 15.5 Å². The molecule has 1 saturated heterocycles. The third kappa shape index (κ3) is 6.83. The smallest absolute Gasteiger partial charge is 0.193 e. The number of piperazine rings is 1. The molecule has 7 heteroatoms. The average Bonchev–Trinajstić information content (AvgIpc) is 2.61. The predicted octanol–water partition coefficient (Wildman–Crippen LogP) is 2.40. The Bertz CT molecular complexity index is 565. The van der Waals surface area contributed by atoms with E-state index in [9.17, 15) is 0 Å². The summed E-state index contributed by atoms with van der Waals surface area (Å²) in [4.78, 5) is 9.14. The van der Waals surface area contributed by atoms with E-state index in [1.54, 1.807) is 7.11 Å². The summed E-state index contributed by atoms with van der Waals surface area (Å²) >= 11 is 0. The van der Waals surface area contributed by atoms with Gasteiger partial charge >= 0.3 is 0 Å². The lowest BCUT2D eigenvalue weighted by atomic mass is 10.1. The Hall–Kier alpha value is -1.22. The molecule has 1 aliphatic heterocycles. The molecule has 0 aliphatic carbocycles. The Morgan fingerprint density at radius 1 is 1.12 bits per heavy atom. The van der Waals surface area contributed by atoms with Crippen LogP contribution in [0.3, 0.4) is 0 Å². The van der Waals surface area contributed by atoms with Gasteiger partial charge in [-0.15, -0.1) is 24.0 Å². The van der Waals surface area contributed by atoms with Crippen LogP contribution in [0.25, 0.3) is 0 Å². The van der Waals surface area contributed by atoms with Gasteiger partial charge in [0.25, 0.3) is 0 Å². The lowest BCUT2D eigenvalue weighted by Gasteiger charge is -2.38. The summed E-state index contributed by atoms with van der Waals surface area (Å²) in [6, 6.07) is 8.22. The van der Waals surface area contributed by atoms with Crippen molar-refractivity contribution in [2.24, 2.45) is 4.99 Å². The molecule has 148 valence electrons. The Labute approximate surface area is 175 Å². The first-order valence-electron chi connectivity index (χ1n) is 9.03. The van der Waals surface area contributed by atoms with Gasteiger partial charge in [0.1, 0.15) is 5.75 Å². The zero-order chi connectivity index (χ0) is 18.3. The lowest BCUT2D eigenvalue weighted by Crippen LogP contribution is -2.53. The minimum absolute atomic E-state index is 0. The van der Waals surface area contributed by atoms with Gasteiger partial charge in [-0.3, -0.25) is 4.99 Å². The number of anilines is 1. The number of benzene rings is 1. The highest BCUT2D eigenvalue weighted by molar-refractivity contribution is 14.0.